The number of aliphatic imine (C=N–C) groups is 1. The van der Waals surface area contributed by atoms with Crippen LogP contribution in [0.1, 0.15) is 42.8 Å². The first-order chi connectivity index (χ1) is 11.6. The van der Waals surface area contributed by atoms with Crippen LogP contribution in [0.5, 0.6) is 0 Å². The molecular weight excluding hydrogens is 449 g/mol. The van der Waals surface area contributed by atoms with Crippen LogP contribution in [0.15, 0.2) is 10.4 Å². The van der Waals surface area contributed by atoms with Crippen molar-refractivity contribution in [2.24, 2.45) is 10.9 Å². The lowest BCUT2D eigenvalue weighted by atomic mass is 9.89. The molecule has 6 nitrogen and oxygen atoms in total. The molecule has 0 saturated heterocycles. The van der Waals surface area contributed by atoms with E-state index >= 15 is 0 Å². The Labute approximate surface area is 171 Å². The number of nitrogens with zero attached hydrogens (tertiary/aromatic N) is 3. The molecule has 2 rings (SSSR count). The van der Waals surface area contributed by atoms with E-state index in [4.69, 9.17) is 0 Å². The standard InChI is InChI=1S/C17H29N5OS.HI/c1-13-21-15(12-24-13)11-22(3)17(18-2)20-10-9-19-16(23)14-7-5-4-6-8-14;/h12,14H,4-11H2,1-3H3,(H,18,20)(H,19,23);1H. The number of halogens is 1. The van der Waals surface area contributed by atoms with Crippen LogP contribution in [-0.4, -0.2) is 48.9 Å². The smallest absolute Gasteiger partial charge is 0.223 e. The van der Waals surface area contributed by atoms with Gasteiger partial charge in [-0.2, -0.15) is 0 Å². The summed E-state index contributed by atoms with van der Waals surface area (Å²) in [6, 6.07) is 0. The molecule has 142 valence electrons. The number of amides is 1. The lowest BCUT2D eigenvalue weighted by Gasteiger charge is -2.22. The number of nitrogens with one attached hydrogen (secondary N) is 2. The van der Waals surface area contributed by atoms with E-state index in [1.807, 2.05) is 18.9 Å². The van der Waals surface area contributed by atoms with Crippen LogP contribution in [0.4, 0.5) is 0 Å². The van der Waals surface area contributed by atoms with Gasteiger partial charge in [-0.25, -0.2) is 4.98 Å². The Bertz CT molecular complexity index is 557. The first kappa shape index (κ1) is 22.1. The molecule has 1 amide bonds. The molecule has 25 heavy (non-hydrogen) atoms. The van der Waals surface area contributed by atoms with Gasteiger partial charge in [0.15, 0.2) is 5.96 Å². The number of carbonyl (C=O) groups is 1. The highest BCUT2D eigenvalue weighted by molar-refractivity contribution is 14.0. The first-order valence-corrected chi connectivity index (χ1v) is 9.58. The molecular formula is C17H30IN5OS. The Kier molecular flexibility index (Phi) is 10.3. The van der Waals surface area contributed by atoms with Crippen LogP contribution in [-0.2, 0) is 11.3 Å². The summed E-state index contributed by atoms with van der Waals surface area (Å²) in [5.74, 6) is 1.24. The van der Waals surface area contributed by atoms with Crippen molar-refractivity contribution < 1.29 is 4.79 Å². The maximum Gasteiger partial charge on any atom is 0.223 e. The van der Waals surface area contributed by atoms with Gasteiger partial charge in [-0.3, -0.25) is 9.79 Å². The minimum atomic E-state index is 0. The van der Waals surface area contributed by atoms with Crippen molar-refractivity contribution >= 4 is 47.2 Å². The fraction of sp³-hybridized carbons (Fsp3) is 0.706. The molecule has 1 heterocycles. The van der Waals surface area contributed by atoms with Gasteiger partial charge in [-0.1, -0.05) is 19.3 Å². The molecule has 0 unspecified atom stereocenters. The number of thiazole rings is 1. The van der Waals surface area contributed by atoms with Crippen molar-refractivity contribution in [1.82, 2.24) is 20.5 Å². The fourth-order valence-corrected chi connectivity index (χ4v) is 3.66. The van der Waals surface area contributed by atoms with Crippen LogP contribution in [0.2, 0.25) is 0 Å². The van der Waals surface area contributed by atoms with Gasteiger partial charge in [0.2, 0.25) is 5.91 Å². The van der Waals surface area contributed by atoms with E-state index in [0.717, 1.165) is 36.0 Å². The number of hydrogen-bond donors (Lipinski definition) is 2. The van der Waals surface area contributed by atoms with Crippen molar-refractivity contribution in [3.63, 3.8) is 0 Å². The van der Waals surface area contributed by atoms with E-state index in [2.05, 4.69) is 26.0 Å². The van der Waals surface area contributed by atoms with Crippen LogP contribution in [0.3, 0.4) is 0 Å². The largest absolute Gasteiger partial charge is 0.354 e. The second-order valence-electron chi connectivity index (χ2n) is 6.31. The normalized spacial score (nSPS) is 15.4. The summed E-state index contributed by atoms with van der Waals surface area (Å²) in [6.45, 7) is 4.03. The number of hydrogen-bond acceptors (Lipinski definition) is 4. The zero-order chi connectivity index (χ0) is 17.4. The van der Waals surface area contributed by atoms with Gasteiger partial charge in [0.1, 0.15) is 0 Å². The molecule has 8 heteroatoms. The van der Waals surface area contributed by atoms with Gasteiger partial charge in [-0.15, -0.1) is 35.3 Å². The second-order valence-corrected chi connectivity index (χ2v) is 7.38. The minimum absolute atomic E-state index is 0. The zero-order valence-corrected chi connectivity index (χ0v) is 18.5. The molecule has 0 spiro atoms. The average molecular weight is 479 g/mol. The highest BCUT2D eigenvalue weighted by atomic mass is 127. The van der Waals surface area contributed by atoms with Gasteiger partial charge < -0.3 is 15.5 Å². The van der Waals surface area contributed by atoms with E-state index in [-0.39, 0.29) is 35.8 Å². The maximum atomic E-state index is 12.1. The molecule has 1 saturated carbocycles. The predicted molar refractivity (Wildman–Crippen MR) is 115 cm³/mol. The summed E-state index contributed by atoms with van der Waals surface area (Å²) in [5, 5.41) is 9.48. The molecule has 0 atom stereocenters. The van der Waals surface area contributed by atoms with Crippen LogP contribution in [0, 0.1) is 12.8 Å². The Morgan fingerprint density at radius 1 is 1.32 bits per heavy atom. The van der Waals surface area contributed by atoms with Gasteiger partial charge in [-0.05, 0) is 19.8 Å². The molecule has 1 fully saturated rings. The Morgan fingerprint density at radius 2 is 2.00 bits per heavy atom. The summed E-state index contributed by atoms with van der Waals surface area (Å²) in [7, 11) is 3.76. The number of guanidine groups is 1. The Morgan fingerprint density at radius 3 is 2.60 bits per heavy atom. The van der Waals surface area contributed by atoms with E-state index in [1.54, 1.807) is 18.4 Å². The lowest BCUT2D eigenvalue weighted by Crippen LogP contribution is -2.43. The van der Waals surface area contributed by atoms with Crippen LogP contribution < -0.4 is 10.6 Å². The fourth-order valence-electron chi connectivity index (χ4n) is 3.05. The molecule has 1 aromatic rings. The van der Waals surface area contributed by atoms with Crippen molar-refractivity contribution in [3.05, 3.63) is 16.1 Å². The van der Waals surface area contributed by atoms with Gasteiger partial charge in [0.25, 0.3) is 0 Å². The lowest BCUT2D eigenvalue weighted by molar-refractivity contribution is -0.125. The third-order valence-electron chi connectivity index (χ3n) is 4.32. The Hall–Kier alpha value is -0.900. The van der Waals surface area contributed by atoms with Crippen molar-refractivity contribution in [2.75, 3.05) is 27.2 Å². The summed E-state index contributed by atoms with van der Waals surface area (Å²) in [4.78, 5) is 22.9. The average Bonchev–Trinajstić information content (AvgIpc) is 3.00. The van der Waals surface area contributed by atoms with E-state index in [0.29, 0.717) is 13.1 Å². The summed E-state index contributed by atoms with van der Waals surface area (Å²) in [5.41, 5.74) is 1.05. The molecule has 1 aromatic heterocycles. The number of aryl methyl sites for hydroxylation is 1. The van der Waals surface area contributed by atoms with Crippen LogP contribution in [0.25, 0.3) is 0 Å². The monoisotopic (exact) mass is 479 g/mol. The van der Waals surface area contributed by atoms with Crippen molar-refractivity contribution in [1.29, 1.82) is 0 Å². The topological polar surface area (TPSA) is 69.6 Å². The quantitative estimate of drug-likeness (QED) is 0.285. The molecule has 0 bridgehead atoms. The third kappa shape index (κ3) is 7.47. The molecule has 0 aliphatic heterocycles. The Balaban J connectivity index is 0.00000312. The summed E-state index contributed by atoms with van der Waals surface area (Å²) >= 11 is 1.66. The van der Waals surface area contributed by atoms with E-state index in [9.17, 15) is 4.79 Å². The number of aromatic nitrogens is 1. The summed E-state index contributed by atoms with van der Waals surface area (Å²) in [6.07, 6.45) is 5.72. The zero-order valence-electron chi connectivity index (χ0n) is 15.4. The molecule has 1 aliphatic carbocycles. The van der Waals surface area contributed by atoms with E-state index in [1.165, 1.54) is 19.3 Å². The maximum absolute atomic E-state index is 12.1. The number of carbonyl (C=O) groups excluding carboxylic acids is 1. The second kappa shape index (κ2) is 11.7. The molecule has 0 aromatic carbocycles. The number of rotatable bonds is 6. The predicted octanol–water partition coefficient (Wildman–Crippen LogP) is 2.77. The third-order valence-corrected chi connectivity index (χ3v) is 5.14. The molecule has 1 aliphatic rings. The molecule has 2 N–H and O–H groups in total. The van der Waals surface area contributed by atoms with Gasteiger partial charge in [0.05, 0.1) is 17.2 Å². The SMILES string of the molecule is CN=C(NCCNC(=O)C1CCCCC1)N(C)Cc1csc(C)n1.I. The van der Waals surface area contributed by atoms with E-state index < -0.39 is 0 Å². The van der Waals surface area contributed by atoms with Gasteiger partial charge >= 0.3 is 0 Å². The van der Waals surface area contributed by atoms with Crippen LogP contribution >= 0.6 is 35.3 Å². The minimum Gasteiger partial charge on any atom is -0.354 e. The molecule has 0 radical (unpaired) electrons. The van der Waals surface area contributed by atoms with Crippen molar-refractivity contribution in [3.8, 4) is 0 Å². The summed E-state index contributed by atoms with van der Waals surface area (Å²) < 4.78 is 0. The van der Waals surface area contributed by atoms with Crippen molar-refractivity contribution in [2.45, 2.75) is 45.6 Å². The van der Waals surface area contributed by atoms with Gasteiger partial charge in [0, 0.05) is 38.5 Å². The highest BCUT2D eigenvalue weighted by Crippen LogP contribution is 2.23. The first-order valence-electron chi connectivity index (χ1n) is 8.70. The highest BCUT2D eigenvalue weighted by Gasteiger charge is 2.20.